The maximum absolute atomic E-state index is 9.97. The number of aldehydes is 1. The minimum absolute atomic E-state index is 0.306. The lowest BCUT2D eigenvalue weighted by Gasteiger charge is -1.97. The van der Waals surface area contributed by atoms with Gasteiger partial charge in [-0.15, -0.1) is 0 Å². The Morgan fingerprint density at radius 2 is 1.53 bits per heavy atom. The van der Waals surface area contributed by atoms with E-state index >= 15 is 0 Å². The minimum Gasteiger partial charge on any atom is -0.303 e. The standard InChI is InChI=1S/C8H6N2.C6H12O/c1-2-4-8-7(3-1)9-5-6-10-8;1-3-6(4-2)5-7/h1-6H;5-6H,3-4H2,1-2H3. The average Bonchev–Trinajstić information content (AvgIpc) is 2.42. The SMILES string of the molecule is CCC(C=O)CC.c1ccc2nccnc2c1. The molecule has 0 fully saturated rings. The number of carbonyl (C=O) groups excluding carboxylic acids is 1. The van der Waals surface area contributed by atoms with Crippen molar-refractivity contribution in [2.45, 2.75) is 26.7 Å². The summed E-state index contributed by atoms with van der Waals surface area (Å²) in [5.74, 6) is 0.306. The fourth-order valence-electron chi connectivity index (χ4n) is 1.39. The number of nitrogens with zero attached hydrogens (tertiary/aromatic N) is 2. The average molecular weight is 230 g/mol. The van der Waals surface area contributed by atoms with Crippen molar-refractivity contribution in [3.63, 3.8) is 0 Å². The number of para-hydroxylation sites is 2. The van der Waals surface area contributed by atoms with E-state index in [0.29, 0.717) is 5.92 Å². The highest BCUT2D eigenvalue weighted by atomic mass is 16.1. The van der Waals surface area contributed by atoms with E-state index in [1.165, 1.54) is 0 Å². The highest BCUT2D eigenvalue weighted by molar-refractivity contribution is 5.72. The molecule has 0 bridgehead atoms. The van der Waals surface area contributed by atoms with Crippen molar-refractivity contribution >= 4 is 17.3 Å². The molecule has 3 heteroatoms. The first-order valence-electron chi connectivity index (χ1n) is 5.92. The lowest BCUT2D eigenvalue weighted by atomic mass is 10.1. The third kappa shape index (κ3) is 4.31. The van der Waals surface area contributed by atoms with Crippen LogP contribution in [-0.2, 0) is 4.79 Å². The molecule has 0 aliphatic carbocycles. The molecule has 3 nitrogen and oxygen atoms in total. The van der Waals surface area contributed by atoms with E-state index in [0.717, 1.165) is 30.2 Å². The highest BCUT2D eigenvalue weighted by Crippen LogP contribution is 2.04. The summed E-state index contributed by atoms with van der Waals surface area (Å²) in [4.78, 5) is 18.2. The predicted molar refractivity (Wildman–Crippen MR) is 69.7 cm³/mol. The molecule has 1 aromatic carbocycles. The van der Waals surface area contributed by atoms with Crippen LogP contribution in [0.3, 0.4) is 0 Å². The van der Waals surface area contributed by atoms with E-state index in [9.17, 15) is 4.79 Å². The Morgan fingerprint density at radius 1 is 1.06 bits per heavy atom. The van der Waals surface area contributed by atoms with Crippen molar-refractivity contribution in [3.05, 3.63) is 36.7 Å². The first-order valence-corrected chi connectivity index (χ1v) is 5.92. The first-order chi connectivity index (χ1) is 8.31. The number of hydrogen-bond acceptors (Lipinski definition) is 3. The van der Waals surface area contributed by atoms with Crippen LogP contribution in [0.2, 0.25) is 0 Å². The Balaban J connectivity index is 0.000000185. The van der Waals surface area contributed by atoms with Gasteiger partial charge in [0.1, 0.15) is 6.29 Å². The van der Waals surface area contributed by atoms with Gasteiger partial charge >= 0.3 is 0 Å². The van der Waals surface area contributed by atoms with Crippen LogP contribution in [0.1, 0.15) is 26.7 Å². The molecule has 2 rings (SSSR count). The minimum atomic E-state index is 0.306. The second-order valence-corrected chi connectivity index (χ2v) is 3.76. The molecule has 17 heavy (non-hydrogen) atoms. The molecule has 0 saturated carbocycles. The number of fused-ring (bicyclic) bond motifs is 1. The zero-order valence-corrected chi connectivity index (χ0v) is 10.3. The molecular formula is C14H18N2O. The molecule has 0 atom stereocenters. The molecular weight excluding hydrogens is 212 g/mol. The van der Waals surface area contributed by atoms with Crippen LogP contribution in [0, 0.1) is 5.92 Å². The molecule has 90 valence electrons. The van der Waals surface area contributed by atoms with Gasteiger partial charge < -0.3 is 4.79 Å². The normalized spacial score (nSPS) is 9.82. The largest absolute Gasteiger partial charge is 0.303 e. The van der Waals surface area contributed by atoms with Gasteiger partial charge in [0.25, 0.3) is 0 Å². The topological polar surface area (TPSA) is 42.9 Å². The molecule has 1 aromatic heterocycles. The lowest BCUT2D eigenvalue weighted by Crippen LogP contribution is -1.95. The lowest BCUT2D eigenvalue weighted by molar-refractivity contribution is -0.111. The zero-order valence-electron chi connectivity index (χ0n) is 10.3. The van der Waals surface area contributed by atoms with Gasteiger partial charge in [0.05, 0.1) is 11.0 Å². The van der Waals surface area contributed by atoms with E-state index in [2.05, 4.69) is 9.97 Å². The predicted octanol–water partition coefficient (Wildman–Crippen LogP) is 3.25. The number of hydrogen-bond donors (Lipinski definition) is 0. The molecule has 0 aliphatic heterocycles. The van der Waals surface area contributed by atoms with E-state index in [1.807, 2.05) is 38.1 Å². The van der Waals surface area contributed by atoms with Crippen LogP contribution >= 0.6 is 0 Å². The summed E-state index contributed by atoms with van der Waals surface area (Å²) >= 11 is 0. The maximum Gasteiger partial charge on any atom is 0.123 e. The second-order valence-electron chi connectivity index (χ2n) is 3.76. The van der Waals surface area contributed by atoms with Gasteiger partial charge in [-0.2, -0.15) is 0 Å². The van der Waals surface area contributed by atoms with Crippen molar-refractivity contribution in [1.82, 2.24) is 9.97 Å². The summed E-state index contributed by atoms with van der Waals surface area (Å²) in [6, 6.07) is 7.80. The Bertz CT molecular complexity index is 387. The fraction of sp³-hybridized carbons (Fsp3) is 0.357. The summed E-state index contributed by atoms with van der Waals surface area (Å²) in [7, 11) is 0. The molecule has 0 spiro atoms. The molecule has 0 saturated heterocycles. The van der Waals surface area contributed by atoms with Crippen LogP contribution in [0.15, 0.2) is 36.7 Å². The van der Waals surface area contributed by atoms with Gasteiger partial charge in [-0.25, -0.2) is 0 Å². The third-order valence-electron chi connectivity index (χ3n) is 2.62. The van der Waals surface area contributed by atoms with Crippen molar-refractivity contribution < 1.29 is 4.79 Å². The molecule has 0 amide bonds. The van der Waals surface area contributed by atoms with Crippen molar-refractivity contribution in [3.8, 4) is 0 Å². The van der Waals surface area contributed by atoms with E-state index < -0.39 is 0 Å². The van der Waals surface area contributed by atoms with Gasteiger partial charge in [-0.3, -0.25) is 9.97 Å². The Hall–Kier alpha value is -1.77. The van der Waals surface area contributed by atoms with Crippen molar-refractivity contribution in [1.29, 1.82) is 0 Å². The van der Waals surface area contributed by atoms with Crippen molar-refractivity contribution in [2.75, 3.05) is 0 Å². The summed E-state index contributed by atoms with van der Waals surface area (Å²) in [6.07, 6.45) is 6.39. The van der Waals surface area contributed by atoms with Gasteiger partial charge in [0, 0.05) is 18.3 Å². The van der Waals surface area contributed by atoms with Gasteiger partial charge in [-0.1, -0.05) is 26.0 Å². The summed E-state index contributed by atoms with van der Waals surface area (Å²) < 4.78 is 0. The number of carbonyl (C=O) groups is 1. The Kier molecular flexibility index (Phi) is 5.86. The van der Waals surface area contributed by atoms with Gasteiger partial charge in [0.2, 0.25) is 0 Å². The van der Waals surface area contributed by atoms with Gasteiger partial charge in [-0.05, 0) is 25.0 Å². The van der Waals surface area contributed by atoms with Crippen LogP contribution in [0.4, 0.5) is 0 Å². The van der Waals surface area contributed by atoms with Crippen molar-refractivity contribution in [2.24, 2.45) is 5.92 Å². The molecule has 1 heterocycles. The van der Waals surface area contributed by atoms with E-state index in [-0.39, 0.29) is 0 Å². The summed E-state index contributed by atoms with van der Waals surface area (Å²) in [6.45, 7) is 4.06. The maximum atomic E-state index is 9.97. The number of benzene rings is 1. The molecule has 0 aliphatic rings. The summed E-state index contributed by atoms with van der Waals surface area (Å²) in [5, 5.41) is 0. The zero-order chi connectivity index (χ0) is 12.5. The molecule has 0 unspecified atom stereocenters. The second kappa shape index (κ2) is 7.49. The smallest absolute Gasteiger partial charge is 0.123 e. The van der Waals surface area contributed by atoms with E-state index in [1.54, 1.807) is 12.4 Å². The van der Waals surface area contributed by atoms with E-state index in [4.69, 9.17) is 0 Å². The Morgan fingerprint density at radius 3 is 1.82 bits per heavy atom. The van der Waals surface area contributed by atoms with Crippen LogP contribution in [0.5, 0.6) is 0 Å². The Labute approximate surface area is 102 Å². The first kappa shape index (κ1) is 13.3. The quantitative estimate of drug-likeness (QED) is 0.760. The summed E-state index contributed by atoms with van der Waals surface area (Å²) in [5.41, 5.74) is 1.90. The molecule has 0 N–H and O–H groups in total. The monoisotopic (exact) mass is 230 g/mol. The van der Waals surface area contributed by atoms with Gasteiger partial charge in [0.15, 0.2) is 0 Å². The van der Waals surface area contributed by atoms with Crippen LogP contribution < -0.4 is 0 Å². The molecule has 0 radical (unpaired) electrons. The number of rotatable bonds is 3. The molecule has 2 aromatic rings. The highest BCUT2D eigenvalue weighted by Gasteiger charge is 1.96. The van der Waals surface area contributed by atoms with Crippen LogP contribution in [-0.4, -0.2) is 16.3 Å². The number of aromatic nitrogens is 2. The third-order valence-corrected chi connectivity index (χ3v) is 2.62. The van der Waals surface area contributed by atoms with Crippen LogP contribution in [0.25, 0.3) is 11.0 Å². The fourth-order valence-corrected chi connectivity index (χ4v) is 1.39.